The quantitative estimate of drug-likeness (QED) is 0.258. The summed E-state index contributed by atoms with van der Waals surface area (Å²) in [6, 6.07) is 16.9. The average Bonchev–Trinajstić information content (AvgIpc) is 2.74. The number of methoxy groups -OCH3 is 1. The number of nitrogens with zero attached hydrogens (tertiary/aromatic N) is 3. The molecule has 0 spiro atoms. The van der Waals surface area contributed by atoms with Gasteiger partial charge in [-0.05, 0) is 24.3 Å². The van der Waals surface area contributed by atoms with Crippen LogP contribution in [-0.4, -0.2) is 23.0 Å². The first-order valence-electron chi connectivity index (χ1n) is 8.36. The first-order chi connectivity index (χ1) is 14.2. The van der Waals surface area contributed by atoms with Gasteiger partial charge in [0.05, 0.1) is 31.1 Å². The van der Waals surface area contributed by atoms with Crippen LogP contribution in [0.1, 0.15) is 5.56 Å². The molecular weight excluding hydrogens is 374 g/mol. The topological polar surface area (TPSA) is 104 Å². The van der Waals surface area contributed by atoms with Crippen molar-refractivity contribution in [1.82, 2.24) is 9.97 Å². The van der Waals surface area contributed by atoms with Crippen LogP contribution in [0, 0.1) is 11.3 Å². The Morgan fingerprint density at radius 3 is 2.28 bits per heavy atom. The molecule has 0 saturated carbocycles. The fourth-order valence-electron chi connectivity index (χ4n) is 2.19. The second-order valence-corrected chi connectivity index (χ2v) is 5.41. The number of rotatable bonds is 7. The minimum Gasteiger partial charge on any atom is -0.504 e. The molecule has 0 amide bonds. The number of carbonyl (C=O) groups excluding carboxylic acids is 1. The molecule has 0 unspecified atom stereocenters. The van der Waals surface area contributed by atoms with E-state index in [1.807, 2.05) is 6.07 Å². The van der Waals surface area contributed by atoms with E-state index in [4.69, 9.17) is 24.2 Å². The SMILES string of the molecule is COC=CC(=O)Oc1ccccc1Oc1cc(Oc2ccccc2C#N)ncn1. The van der Waals surface area contributed by atoms with Crippen molar-refractivity contribution in [2.45, 2.75) is 0 Å². The number of hydrogen-bond donors (Lipinski definition) is 0. The van der Waals surface area contributed by atoms with E-state index in [-0.39, 0.29) is 23.3 Å². The zero-order valence-corrected chi connectivity index (χ0v) is 15.3. The van der Waals surface area contributed by atoms with E-state index in [9.17, 15) is 4.79 Å². The molecule has 0 radical (unpaired) electrons. The number of esters is 1. The van der Waals surface area contributed by atoms with Gasteiger partial charge in [-0.15, -0.1) is 0 Å². The maximum Gasteiger partial charge on any atom is 0.339 e. The molecule has 0 saturated heterocycles. The summed E-state index contributed by atoms with van der Waals surface area (Å²) in [6.45, 7) is 0. The molecule has 3 aromatic rings. The van der Waals surface area contributed by atoms with Crippen LogP contribution in [0.25, 0.3) is 0 Å². The van der Waals surface area contributed by atoms with Crippen LogP contribution in [0.4, 0.5) is 0 Å². The lowest BCUT2D eigenvalue weighted by Crippen LogP contribution is -2.05. The molecule has 1 heterocycles. The highest BCUT2D eigenvalue weighted by atomic mass is 16.6. The van der Waals surface area contributed by atoms with Gasteiger partial charge in [-0.25, -0.2) is 14.8 Å². The van der Waals surface area contributed by atoms with E-state index in [0.29, 0.717) is 11.3 Å². The Labute approximate surface area is 166 Å². The normalized spacial score (nSPS) is 10.2. The van der Waals surface area contributed by atoms with Gasteiger partial charge in [-0.1, -0.05) is 24.3 Å². The monoisotopic (exact) mass is 389 g/mol. The predicted octanol–water partition coefficient (Wildman–Crippen LogP) is 4.00. The van der Waals surface area contributed by atoms with Gasteiger partial charge in [0.25, 0.3) is 0 Å². The summed E-state index contributed by atoms with van der Waals surface area (Å²) >= 11 is 0. The summed E-state index contributed by atoms with van der Waals surface area (Å²) in [5, 5.41) is 9.16. The maximum atomic E-state index is 11.8. The van der Waals surface area contributed by atoms with Crippen molar-refractivity contribution < 1.29 is 23.7 Å². The second-order valence-electron chi connectivity index (χ2n) is 5.41. The van der Waals surface area contributed by atoms with Gasteiger partial charge in [-0.2, -0.15) is 5.26 Å². The molecule has 0 aliphatic heterocycles. The third-order valence-corrected chi connectivity index (χ3v) is 3.45. The van der Waals surface area contributed by atoms with Gasteiger partial charge in [0.15, 0.2) is 11.5 Å². The highest BCUT2D eigenvalue weighted by Crippen LogP contribution is 2.32. The molecule has 0 bridgehead atoms. The molecular formula is C21H15N3O5. The van der Waals surface area contributed by atoms with Crippen molar-refractivity contribution in [2.24, 2.45) is 0 Å². The molecule has 3 rings (SSSR count). The van der Waals surface area contributed by atoms with E-state index < -0.39 is 5.97 Å². The van der Waals surface area contributed by atoms with Crippen LogP contribution in [0.2, 0.25) is 0 Å². The largest absolute Gasteiger partial charge is 0.504 e. The van der Waals surface area contributed by atoms with E-state index in [2.05, 4.69) is 9.97 Å². The second kappa shape index (κ2) is 9.53. The lowest BCUT2D eigenvalue weighted by Gasteiger charge is -2.11. The molecule has 8 heteroatoms. The van der Waals surface area contributed by atoms with Crippen LogP contribution in [-0.2, 0) is 9.53 Å². The van der Waals surface area contributed by atoms with Gasteiger partial charge < -0.3 is 18.9 Å². The molecule has 0 aliphatic rings. The van der Waals surface area contributed by atoms with Crippen molar-refractivity contribution in [2.75, 3.05) is 7.11 Å². The van der Waals surface area contributed by atoms with Crippen molar-refractivity contribution in [3.05, 3.63) is 78.8 Å². The van der Waals surface area contributed by atoms with Crippen molar-refractivity contribution >= 4 is 5.97 Å². The molecule has 1 aromatic heterocycles. The van der Waals surface area contributed by atoms with Crippen LogP contribution in [0.15, 0.2) is 73.3 Å². The highest BCUT2D eigenvalue weighted by Gasteiger charge is 2.11. The summed E-state index contributed by atoms with van der Waals surface area (Å²) in [7, 11) is 1.42. The van der Waals surface area contributed by atoms with Crippen molar-refractivity contribution in [3.8, 4) is 35.1 Å². The number of benzene rings is 2. The minimum absolute atomic E-state index is 0.167. The van der Waals surface area contributed by atoms with Gasteiger partial charge in [0.1, 0.15) is 18.1 Å². The van der Waals surface area contributed by atoms with Crippen LogP contribution in [0.3, 0.4) is 0 Å². The molecule has 0 fully saturated rings. The van der Waals surface area contributed by atoms with Gasteiger partial charge in [0, 0.05) is 0 Å². The molecule has 29 heavy (non-hydrogen) atoms. The predicted molar refractivity (Wildman–Crippen MR) is 102 cm³/mol. The fraction of sp³-hybridized carbons (Fsp3) is 0.0476. The Bertz CT molecular complexity index is 1080. The first-order valence-corrected chi connectivity index (χ1v) is 8.36. The van der Waals surface area contributed by atoms with E-state index in [0.717, 1.165) is 6.08 Å². The zero-order chi connectivity index (χ0) is 20.5. The smallest absolute Gasteiger partial charge is 0.339 e. The van der Waals surface area contributed by atoms with Crippen LogP contribution in [0.5, 0.6) is 29.0 Å². The van der Waals surface area contributed by atoms with Crippen LogP contribution < -0.4 is 14.2 Å². The Morgan fingerprint density at radius 2 is 1.59 bits per heavy atom. The summed E-state index contributed by atoms with van der Waals surface area (Å²) in [4.78, 5) is 19.8. The van der Waals surface area contributed by atoms with E-state index in [1.165, 1.54) is 25.8 Å². The molecule has 8 nitrogen and oxygen atoms in total. The van der Waals surface area contributed by atoms with Crippen molar-refractivity contribution in [3.63, 3.8) is 0 Å². The average molecular weight is 389 g/mol. The lowest BCUT2D eigenvalue weighted by molar-refractivity contribution is -0.129. The number of hydrogen-bond acceptors (Lipinski definition) is 8. The molecule has 0 atom stereocenters. The fourth-order valence-corrected chi connectivity index (χ4v) is 2.19. The number of aromatic nitrogens is 2. The summed E-state index contributed by atoms with van der Waals surface area (Å²) in [6.07, 6.45) is 3.61. The van der Waals surface area contributed by atoms with Gasteiger partial charge in [-0.3, -0.25) is 0 Å². The maximum absolute atomic E-state index is 11.8. The Kier molecular flexibility index (Phi) is 6.37. The molecule has 0 aliphatic carbocycles. The molecule has 2 aromatic carbocycles. The lowest BCUT2D eigenvalue weighted by atomic mass is 10.2. The Hall–Kier alpha value is -4.38. The summed E-state index contributed by atoms with van der Waals surface area (Å²) in [5.41, 5.74) is 0.370. The Balaban J connectivity index is 1.78. The minimum atomic E-state index is -0.622. The number of carbonyl (C=O) groups is 1. The molecule has 0 N–H and O–H groups in total. The standard InChI is InChI=1S/C21H15N3O5/c1-26-11-10-21(25)29-18-9-5-4-8-17(18)28-20-12-19(23-14-24-20)27-16-7-3-2-6-15(16)13-22/h2-12,14H,1H3. The third-order valence-electron chi connectivity index (χ3n) is 3.45. The number of ether oxygens (including phenoxy) is 4. The van der Waals surface area contributed by atoms with Gasteiger partial charge in [0.2, 0.25) is 11.8 Å². The van der Waals surface area contributed by atoms with E-state index in [1.54, 1.807) is 48.5 Å². The van der Waals surface area contributed by atoms with E-state index >= 15 is 0 Å². The molecule has 144 valence electrons. The van der Waals surface area contributed by atoms with Crippen molar-refractivity contribution in [1.29, 1.82) is 5.26 Å². The first kappa shape index (κ1) is 19.4. The zero-order valence-electron chi connectivity index (χ0n) is 15.3. The Morgan fingerprint density at radius 1 is 0.966 bits per heavy atom. The summed E-state index contributed by atoms with van der Waals surface area (Å²) in [5.74, 6) is 0.570. The van der Waals surface area contributed by atoms with Crippen LogP contribution >= 0.6 is 0 Å². The van der Waals surface area contributed by atoms with Gasteiger partial charge >= 0.3 is 5.97 Å². The number of para-hydroxylation sites is 3. The third kappa shape index (κ3) is 5.30. The highest BCUT2D eigenvalue weighted by molar-refractivity contribution is 5.84. The summed E-state index contributed by atoms with van der Waals surface area (Å²) < 4.78 is 21.3. The number of nitriles is 1.